The molecule has 4 N–H and O–H groups in total. The van der Waals surface area contributed by atoms with Crippen molar-refractivity contribution in [1.29, 1.82) is 0 Å². The van der Waals surface area contributed by atoms with Gasteiger partial charge in [-0.25, -0.2) is 46.7 Å². The number of aliphatic hydroxyl groups excluding tert-OH is 2. The molecular formula is C54H58N10O12S2. The quantitative estimate of drug-likeness (QED) is 0.0557. The maximum absolute atomic E-state index is 13.6. The summed E-state index contributed by atoms with van der Waals surface area (Å²) in [6.07, 6.45) is 5.93. The van der Waals surface area contributed by atoms with Crippen LogP contribution in [0.3, 0.4) is 0 Å². The molecule has 4 aromatic heterocycles. The van der Waals surface area contributed by atoms with Gasteiger partial charge in [0.25, 0.3) is 31.8 Å². The van der Waals surface area contributed by atoms with Crippen LogP contribution in [0.1, 0.15) is 56.7 Å². The molecule has 8 rings (SSSR count). The molecule has 0 radical (unpaired) electrons. The molecule has 0 bridgehead atoms. The Bertz CT molecular complexity index is 3640. The van der Waals surface area contributed by atoms with Gasteiger partial charge >= 0.3 is 0 Å². The minimum atomic E-state index is -4.32. The third kappa shape index (κ3) is 14.5. The summed E-state index contributed by atoms with van der Waals surface area (Å²) in [5.41, 5.74) is 0.0508. The SMILES string of the molecule is COc1ccccc1Oc1c(NS(=O)(=O)c2ccc(C(C)(C)C)cc2)nc(-c2ncccn2)nc1OCCO.[2H]C([2H])([2H])C(C)(C)c1ccc(S(=O)(=O)Nc2nc(-c3ncccn3)nc(OCCO)c2Oc2ccccc2OC)cc1. The highest BCUT2D eigenvalue weighted by Gasteiger charge is 2.29. The number of rotatable bonds is 20. The molecular weight excluding hydrogens is 1040 g/mol. The van der Waals surface area contributed by atoms with Crippen LogP contribution in [0.15, 0.2) is 144 Å². The number of para-hydroxylation sites is 4. The van der Waals surface area contributed by atoms with E-state index < -0.39 is 32.3 Å². The van der Waals surface area contributed by atoms with Crippen LogP contribution in [-0.2, 0) is 30.9 Å². The van der Waals surface area contributed by atoms with Crippen molar-refractivity contribution in [2.45, 2.75) is 62.1 Å². The number of nitrogens with zero attached hydrogens (tertiary/aromatic N) is 8. The predicted octanol–water partition coefficient (Wildman–Crippen LogP) is 8.41. The molecule has 0 fully saturated rings. The average molecular weight is 1110 g/mol. The van der Waals surface area contributed by atoms with Crippen molar-refractivity contribution in [3.63, 3.8) is 0 Å². The Balaban J connectivity index is 0.000000234. The molecule has 78 heavy (non-hydrogen) atoms. The summed E-state index contributed by atoms with van der Waals surface area (Å²) in [5.74, 6) is 0.0949. The van der Waals surface area contributed by atoms with E-state index in [4.69, 9.17) is 32.5 Å². The number of nitrogens with one attached hydrogen (secondary N) is 2. The molecule has 4 heterocycles. The summed E-state index contributed by atoms with van der Waals surface area (Å²) in [7, 11) is -5.54. The highest BCUT2D eigenvalue weighted by atomic mass is 32.2. The van der Waals surface area contributed by atoms with Gasteiger partial charge in [0.2, 0.25) is 23.1 Å². The summed E-state index contributed by atoms with van der Waals surface area (Å²) < 4.78 is 117. The monoisotopic (exact) mass is 1110 g/mol. The largest absolute Gasteiger partial charge is 0.493 e. The van der Waals surface area contributed by atoms with Gasteiger partial charge in [0.15, 0.2) is 46.3 Å². The third-order valence-corrected chi connectivity index (χ3v) is 13.5. The summed E-state index contributed by atoms with van der Waals surface area (Å²) in [6.45, 7) is 5.91. The van der Waals surface area contributed by atoms with Crippen LogP contribution >= 0.6 is 0 Å². The second kappa shape index (κ2) is 25.1. The lowest BCUT2D eigenvalue weighted by atomic mass is 9.87. The molecule has 8 aromatic rings. The lowest BCUT2D eigenvalue weighted by molar-refractivity contribution is 0.192. The van der Waals surface area contributed by atoms with Crippen molar-refractivity contribution in [1.82, 2.24) is 39.9 Å². The fourth-order valence-corrected chi connectivity index (χ4v) is 8.89. The Labute approximate surface area is 456 Å². The lowest BCUT2D eigenvalue weighted by Gasteiger charge is -2.20. The van der Waals surface area contributed by atoms with Gasteiger partial charge in [-0.1, -0.05) is 90.0 Å². The molecule has 4 aromatic carbocycles. The Hall–Kier alpha value is -8.58. The Morgan fingerprint density at radius 1 is 0.487 bits per heavy atom. The second-order valence-electron chi connectivity index (χ2n) is 18.0. The molecule has 0 aliphatic carbocycles. The number of aliphatic hydroxyl groups is 2. The lowest BCUT2D eigenvalue weighted by Crippen LogP contribution is -2.17. The van der Waals surface area contributed by atoms with E-state index in [9.17, 15) is 27.0 Å². The standard InChI is InChI=1S/2C27H29N5O6S/c2*1-27(2,3)18-10-12-19(13-11-18)39(34,35)32-23-22(38-21-9-6-5-8-20(21)36-4)26(37-17-16-33)31-25(30-23)24-28-14-7-15-29-24/h2*5-15,33H,16-17H2,1-4H3,(H,30,31,32)/i1D3;. The van der Waals surface area contributed by atoms with Crippen LogP contribution in [0.25, 0.3) is 23.3 Å². The zero-order valence-electron chi connectivity index (χ0n) is 46.4. The van der Waals surface area contributed by atoms with Gasteiger partial charge in [0.1, 0.15) is 13.2 Å². The van der Waals surface area contributed by atoms with Gasteiger partial charge in [0, 0.05) is 28.9 Å². The zero-order valence-corrected chi connectivity index (χ0v) is 45.0. The number of methoxy groups -OCH3 is 2. The van der Waals surface area contributed by atoms with Crippen molar-refractivity contribution in [3.8, 4) is 69.6 Å². The number of anilines is 2. The zero-order chi connectivity index (χ0) is 58.6. The molecule has 0 atom stereocenters. The Kier molecular flexibility index (Phi) is 17.0. The highest BCUT2D eigenvalue weighted by Crippen LogP contribution is 2.43. The maximum atomic E-state index is 13.6. The number of hydrogen-bond acceptors (Lipinski definition) is 20. The van der Waals surface area contributed by atoms with Crippen LogP contribution < -0.4 is 37.9 Å². The number of hydrogen-bond donors (Lipinski definition) is 4. The Morgan fingerprint density at radius 2 is 0.846 bits per heavy atom. The molecule has 0 aliphatic rings. The van der Waals surface area contributed by atoms with Crippen LogP contribution in [0.2, 0.25) is 0 Å². The minimum Gasteiger partial charge on any atom is -0.493 e. The van der Waals surface area contributed by atoms with Crippen LogP contribution in [0, 0.1) is 0 Å². The van der Waals surface area contributed by atoms with Crippen LogP contribution in [0.5, 0.6) is 46.3 Å². The van der Waals surface area contributed by atoms with Gasteiger partial charge in [-0.2, -0.15) is 9.97 Å². The van der Waals surface area contributed by atoms with Crippen molar-refractivity contribution >= 4 is 31.7 Å². The van der Waals surface area contributed by atoms with Crippen molar-refractivity contribution in [2.24, 2.45) is 0 Å². The first-order valence-corrected chi connectivity index (χ1v) is 26.7. The first-order valence-electron chi connectivity index (χ1n) is 25.2. The molecule has 0 amide bonds. The van der Waals surface area contributed by atoms with Gasteiger partial charge in [-0.15, -0.1) is 0 Å². The molecule has 0 spiro atoms. The number of sulfonamides is 2. The summed E-state index contributed by atoms with van der Waals surface area (Å²) in [6, 6.07) is 28.7. The first kappa shape index (κ1) is 52.8. The summed E-state index contributed by atoms with van der Waals surface area (Å²) in [4.78, 5) is 33.9. The van der Waals surface area contributed by atoms with E-state index >= 15 is 0 Å². The highest BCUT2D eigenvalue weighted by molar-refractivity contribution is 7.93. The van der Waals surface area contributed by atoms with E-state index in [1.165, 1.54) is 75.4 Å². The molecule has 0 saturated carbocycles. The van der Waals surface area contributed by atoms with Crippen molar-refractivity contribution in [2.75, 3.05) is 50.1 Å². The third-order valence-electron chi connectivity index (χ3n) is 10.8. The van der Waals surface area contributed by atoms with Crippen molar-refractivity contribution in [3.05, 3.63) is 145 Å². The molecule has 0 saturated heterocycles. The average Bonchev–Trinajstić information content (AvgIpc) is 3.45. The van der Waals surface area contributed by atoms with E-state index in [1.54, 1.807) is 86.6 Å². The molecule has 408 valence electrons. The molecule has 24 heteroatoms. The molecule has 22 nitrogen and oxygen atoms in total. The smallest absolute Gasteiger partial charge is 0.263 e. The first-order chi connectivity index (χ1) is 38.5. The van der Waals surface area contributed by atoms with E-state index in [-0.39, 0.29) is 111 Å². The van der Waals surface area contributed by atoms with E-state index in [0.29, 0.717) is 17.1 Å². The fourth-order valence-electron chi connectivity index (χ4n) is 6.87. The van der Waals surface area contributed by atoms with Crippen LogP contribution in [-0.4, -0.2) is 108 Å². The predicted molar refractivity (Wildman–Crippen MR) is 289 cm³/mol. The molecule has 0 unspecified atom stereocenters. The van der Waals surface area contributed by atoms with Gasteiger partial charge in [-0.3, -0.25) is 9.44 Å². The summed E-state index contributed by atoms with van der Waals surface area (Å²) in [5, 5.41) is 18.8. The van der Waals surface area contributed by atoms with Gasteiger partial charge in [0.05, 0.1) is 37.2 Å². The maximum Gasteiger partial charge on any atom is 0.263 e. The van der Waals surface area contributed by atoms with E-state index in [2.05, 4.69) is 49.3 Å². The van der Waals surface area contributed by atoms with Gasteiger partial charge in [-0.05, 0) is 82.6 Å². The second-order valence-corrected chi connectivity index (χ2v) is 21.4. The number of benzene rings is 4. The molecule has 0 aliphatic heterocycles. The number of aromatic nitrogens is 8. The van der Waals surface area contributed by atoms with E-state index in [1.807, 2.05) is 20.8 Å². The normalized spacial score (nSPS) is 12.3. The fraction of sp³-hybridized carbons (Fsp3) is 0.259. The van der Waals surface area contributed by atoms with Crippen molar-refractivity contribution < 1.29 is 59.6 Å². The Morgan fingerprint density at radius 3 is 1.18 bits per heavy atom. The summed E-state index contributed by atoms with van der Waals surface area (Å²) >= 11 is 0. The van der Waals surface area contributed by atoms with Crippen LogP contribution in [0.4, 0.5) is 11.6 Å². The minimum absolute atomic E-state index is 0.0169. The topological polar surface area (TPSA) is 291 Å². The van der Waals surface area contributed by atoms with Gasteiger partial charge < -0.3 is 38.6 Å². The number of ether oxygens (including phenoxy) is 6. The van der Waals surface area contributed by atoms with E-state index in [0.717, 1.165) is 5.56 Å².